The maximum atomic E-state index is 13.2. The third-order valence-electron chi connectivity index (χ3n) is 4.74. The predicted molar refractivity (Wildman–Crippen MR) is 118 cm³/mol. The number of benzene rings is 2. The molecule has 0 saturated carbocycles. The van der Waals surface area contributed by atoms with Crippen LogP contribution in [-0.4, -0.2) is 25.0 Å². The summed E-state index contributed by atoms with van der Waals surface area (Å²) in [4.78, 5) is 46.9. The van der Waals surface area contributed by atoms with Crippen LogP contribution in [0.5, 0.6) is 0 Å². The Bertz CT molecular complexity index is 1380. The molecular formula is C22H18ClN5O3. The van der Waals surface area contributed by atoms with Gasteiger partial charge in [-0.05, 0) is 36.8 Å². The zero-order valence-electron chi connectivity index (χ0n) is 16.6. The molecule has 0 aliphatic carbocycles. The monoisotopic (exact) mass is 435 g/mol. The zero-order chi connectivity index (χ0) is 22.0. The first-order chi connectivity index (χ1) is 14.9. The number of hydrogen-bond acceptors (Lipinski definition) is 5. The number of hydrogen-bond donors (Lipinski definition) is 1. The molecule has 1 amide bonds. The van der Waals surface area contributed by atoms with Crippen molar-refractivity contribution in [1.82, 2.24) is 19.1 Å². The molecule has 8 nitrogen and oxygen atoms in total. The van der Waals surface area contributed by atoms with Gasteiger partial charge in [-0.15, -0.1) is 0 Å². The number of anilines is 1. The number of carbonyl (C=O) groups excluding carboxylic acids is 1. The molecule has 0 radical (unpaired) electrons. The quantitative estimate of drug-likeness (QED) is 0.519. The number of rotatable bonds is 5. The molecule has 9 heteroatoms. The second kappa shape index (κ2) is 8.53. The van der Waals surface area contributed by atoms with Crippen LogP contribution in [0.15, 0.2) is 70.5 Å². The van der Waals surface area contributed by atoms with Gasteiger partial charge in [0, 0.05) is 23.1 Å². The summed E-state index contributed by atoms with van der Waals surface area (Å²) in [7, 11) is 0. The van der Waals surface area contributed by atoms with Gasteiger partial charge >= 0.3 is 5.69 Å². The second-order valence-corrected chi connectivity index (χ2v) is 7.47. The second-order valence-electron chi connectivity index (χ2n) is 7.03. The molecule has 1 N–H and O–H groups in total. The van der Waals surface area contributed by atoms with Crippen LogP contribution in [0.4, 0.5) is 5.69 Å². The van der Waals surface area contributed by atoms with E-state index in [2.05, 4.69) is 15.3 Å². The van der Waals surface area contributed by atoms with E-state index in [1.165, 1.54) is 12.4 Å². The largest absolute Gasteiger partial charge is 0.333 e. The molecule has 0 saturated heterocycles. The lowest BCUT2D eigenvalue weighted by molar-refractivity contribution is -0.116. The maximum Gasteiger partial charge on any atom is 0.333 e. The predicted octanol–water partition coefficient (Wildman–Crippen LogP) is 2.60. The van der Waals surface area contributed by atoms with Crippen molar-refractivity contribution in [2.75, 3.05) is 5.32 Å². The number of nitrogens with one attached hydrogen (secondary N) is 1. The lowest BCUT2D eigenvalue weighted by Crippen LogP contribution is -2.42. The first kappa shape index (κ1) is 20.5. The van der Waals surface area contributed by atoms with Crippen molar-refractivity contribution in [3.63, 3.8) is 0 Å². The SMILES string of the molecule is Cc1ccc(NC(=O)Cn2c(=O)n(Cc3ccc(Cl)cc3)c(=O)c3nccnc32)cc1. The van der Waals surface area contributed by atoms with E-state index in [1.54, 1.807) is 36.4 Å². The van der Waals surface area contributed by atoms with Crippen LogP contribution in [-0.2, 0) is 17.9 Å². The van der Waals surface area contributed by atoms with Crippen LogP contribution in [0, 0.1) is 6.92 Å². The summed E-state index contributed by atoms with van der Waals surface area (Å²) in [5.74, 6) is -0.422. The van der Waals surface area contributed by atoms with Gasteiger partial charge in [0.2, 0.25) is 5.91 Å². The molecule has 2 aromatic heterocycles. The van der Waals surface area contributed by atoms with Crippen molar-refractivity contribution < 1.29 is 4.79 Å². The summed E-state index contributed by atoms with van der Waals surface area (Å²) in [6.45, 7) is 1.64. The van der Waals surface area contributed by atoms with E-state index < -0.39 is 17.2 Å². The third-order valence-corrected chi connectivity index (χ3v) is 4.99. The summed E-state index contributed by atoms with van der Waals surface area (Å²) in [6, 6.07) is 14.1. The Labute approximate surface area is 181 Å². The third kappa shape index (κ3) is 4.39. The van der Waals surface area contributed by atoms with Crippen LogP contribution >= 0.6 is 11.6 Å². The molecule has 0 bridgehead atoms. The van der Waals surface area contributed by atoms with Crippen LogP contribution in [0.1, 0.15) is 11.1 Å². The van der Waals surface area contributed by atoms with Crippen molar-refractivity contribution in [2.45, 2.75) is 20.0 Å². The van der Waals surface area contributed by atoms with Gasteiger partial charge in [-0.25, -0.2) is 14.8 Å². The molecule has 0 aliphatic heterocycles. The maximum absolute atomic E-state index is 13.2. The number of halogens is 1. The Morgan fingerprint density at radius 2 is 1.65 bits per heavy atom. The highest BCUT2D eigenvalue weighted by molar-refractivity contribution is 6.30. The molecule has 0 fully saturated rings. The van der Waals surface area contributed by atoms with Crippen LogP contribution in [0.25, 0.3) is 11.2 Å². The Balaban J connectivity index is 1.74. The van der Waals surface area contributed by atoms with Gasteiger partial charge < -0.3 is 5.32 Å². The molecule has 2 aromatic carbocycles. The summed E-state index contributed by atoms with van der Waals surface area (Å²) >= 11 is 5.92. The standard InChI is InChI=1S/C22H18ClN5O3/c1-14-2-8-17(9-3-14)26-18(29)13-27-20-19(24-10-11-25-20)21(30)28(22(27)31)12-15-4-6-16(23)7-5-15/h2-11H,12-13H2,1H3,(H,26,29). The summed E-state index contributed by atoms with van der Waals surface area (Å²) in [5.41, 5.74) is 1.23. The smallest absolute Gasteiger partial charge is 0.325 e. The van der Waals surface area contributed by atoms with Crippen molar-refractivity contribution in [1.29, 1.82) is 0 Å². The first-order valence-electron chi connectivity index (χ1n) is 9.48. The fourth-order valence-electron chi connectivity index (χ4n) is 3.17. The zero-order valence-corrected chi connectivity index (χ0v) is 17.3. The molecule has 0 aliphatic rings. The summed E-state index contributed by atoms with van der Waals surface area (Å²) in [5, 5.41) is 3.30. The minimum Gasteiger partial charge on any atom is -0.325 e. The molecule has 2 heterocycles. The van der Waals surface area contributed by atoms with Gasteiger partial charge in [0.25, 0.3) is 5.56 Å². The van der Waals surface area contributed by atoms with E-state index in [0.29, 0.717) is 16.3 Å². The average Bonchev–Trinajstić information content (AvgIpc) is 2.77. The van der Waals surface area contributed by atoms with E-state index in [4.69, 9.17) is 11.6 Å². The summed E-state index contributed by atoms with van der Waals surface area (Å²) < 4.78 is 2.20. The van der Waals surface area contributed by atoms with Crippen molar-refractivity contribution in [3.05, 3.63) is 97.9 Å². The highest BCUT2D eigenvalue weighted by atomic mass is 35.5. The first-order valence-corrected chi connectivity index (χ1v) is 9.85. The topological polar surface area (TPSA) is 98.9 Å². The van der Waals surface area contributed by atoms with Crippen molar-refractivity contribution in [2.24, 2.45) is 0 Å². The van der Waals surface area contributed by atoms with E-state index in [0.717, 1.165) is 14.7 Å². The van der Waals surface area contributed by atoms with E-state index in [-0.39, 0.29) is 24.3 Å². The Hall–Kier alpha value is -3.78. The molecule has 0 atom stereocenters. The number of aromatic nitrogens is 4. The minimum absolute atomic E-state index is 0.0131. The number of amides is 1. The number of carbonyl (C=O) groups is 1. The van der Waals surface area contributed by atoms with Crippen LogP contribution < -0.4 is 16.6 Å². The molecule has 4 rings (SSSR count). The van der Waals surface area contributed by atoms with Gasteiger partial charge in [0.05, 0.1) is 6.54 Å². The highest BCUT2D eigenvalue weighted by Crippen LogP contribution is 2.11. The highest BCUT2D eigenvalue weighted by Gasteiger charge is 2.17. The summed E-state index contributed by atoms with van der Waals surface area (Å²) in [6.07, 6.45) is 2.75. The van der Waals surface area contributed by atoms with Crippen LogP contribution in [0.2, 0.25) is 5.02 Å². The number of aryl methyl sites for hydroxylation is 1. The fraction of sp³-hybridized carbons (Fsp3) is 0.136. The van der Waals surface area contributed by atoms with Gasteiger partial charge in [-0.2, -0.15) is 0 Å². The van der Waals surface area contributed by atoms with E-state index >= 15 is 0 Å². The fourth-order valence-corrected chi connectivity index (χ4v) is 3.29. The van der Waals surface area contributed by atoms with Crippen molar-refractivity contribution >= 4 is 34.4 Å². The Kier molecular flexibility index (Phi) is 5.64. The molecule has 0 unspecified atom stereocenters. The molecule has 4 aromatic rings. The normalized spacial score (nSPS) is 10.9. The minimum atomic E-state index is -0.646. The van der Waals surface area contributed by atoms with Gasteiger partial charge in [-0.1, -0.05) is 41.4 Å². The van der Waals surface area contributed by atoms with E-state index in [1.807, 2.05) is 19.1 Å². The van der Waals surface area contributed by atoms with Crippen LogP contribution in [0.3, 0.4) is 0 Å². The molecule has 31 heavy (non-hydrogen) atoms. The van der Waals surface area contributed by atoms with E-state index in [9.17, 15) is 14.4 Å². The molecule has 0 spiro atoms. The molecule has 156 valence electrons. The Morgan fingerprint density at radius 1 is 0.968 bits per heavy atom. The molecular weight excluding hydrogens is 418 g/mol. The lowest BCUT2D eigenvalue weighted by atomic mass is 10.2. The van der Waals surface area contributed by atoms with Gasteiger partial charge in [0.15, 0.2) is 11.2 Å². The average molecular weight is 436 g/mol. The van der Waals surface area contributed by atoms with Gasteiger partial charge in [0.1, 0.15) is 6.54 Å². The lowest BCUT2D eigenvalue weighted by Gasteiger charge is -2.13. The number of fused-ring (bicyclic) bond motifs is 1. The van der Waals surface area contributed by atoms with Gasteiger partial charge in [-0.3, -0.25) is 18.7 Å². The Morgan fingerprint density at radius 3 is 2.35 bits per heavy atom. The van der Waals surface area contributed by atoms with Crippen molar-refractivity contribution in [3.8, 4) is 0 Å². The number of nitrogens with zero attached hydrogens (tertiary/aromatic N) is 4.